The van der Waals surface area contributed by atoms with Crippen molar-refractivity contribution in [1.82, 2.24) is 9.78 Å². The Kier molecular flexibility index (Phi) is 5.00. The molecule has 0 spiro atoms. The Balaban J connectivity index is 2.11. The maximum atomic E-state index is 5.96. The summed E-state index contributed by atoms with van der Waals surface area (Å²) in [6.07, 6.45) is 1.95. The second-order valence-corrected chi connectivity index (χ2v) is 6.26. The zero-order valence-electron chi connectivity index (χ0n) is 12.4. The monoisotopic (exact) mass is 335 g/mol. The molecule has 1 unspecified atom stereocenters. The molecule has 0 bridgehead atoms. The molecule has 0 fully saturated rings. The number of nitrogens with two attached hydrogens (primary N) is 1. The molecule has 3 nitrogen and oxygen atoms in total. The predicted octanol–water partition coefficient (Wildman–Crippen LogP) is 3.16. The highest BCUT2D eigenvalue weighted by atomic mass is 79.9. The Labute approximate surface area is 129 Å². The Hall–Kier alpha value is -1.13. The summed E-state index contributed by atoms with van der Waals surface area (Å²) in [5, 5.41) is 4.45. The molecule has 1 atom stereocenters. The van der Waals surface area contributed by atoms with Crippen LogP contribution in [0.4, 0.5) is 0 Å². The summed E-state index contributed by atoms with van der Waals surface area (Å²) in [6, 6.07) is 8.71. The second-order valence-electron chi connectivity index (χ2n) is 5.47. The van der Waals surface area contributed by atoms with Crippen molar-refractivity contribution in [2.45, 2.75) is 26.7 Å². The highest BCUT2D eigenvalue weighted by Gasteiger charge is 2.16. The van der Waals surface area contributed by atoms with Crippen molar-refractivity contribution in [1.29, 1.82) is 0 Å². The summed E-state index contributed by atoms with van der Waals surface area (Å²) >= 11 is 3.63. The first kappa shape index (κ1) is 15.3. The van der Waals surface area contributed by atoms with Gasteiger partial charge in [0, 0.05) is 7.05 Å². The van der Waals surface area contributed by atoms with Gasteiger partial charge in [0.2, 0.25) is 0 Å². The number of benzene rings is 1. The number of aromatic nitrogens is 2. The van der Waals surface area contributed by atoms with E-state index < -0.39 is 0 Å². The fraction of sp³-hybridized carbons (Fsp3) is 0.438. The molecular formula is C16H22BrN3. The standard InChI is InChI=1S/C16H22BrN3/c1-11-4-6-13(7-5-11)8-14(10-18)9-15-16(17)12(2)19-20(15)3/h4-7,14H,8-10,18H2,1-3H3. The third kappa shape index (κ3) is 3.49. The number of hydrogen-bond acceptors (Lipinski definition) is 2. The molecule has 2 aromatic rings. The van der Waals surface area contributed by atoms with E-state index in [0.29, 0.717) is 12.5 Å². The van der Waals surface area contributed by atoms with Crippen LogP contribution in [0.1, 0.15) is 22.5 Å². The number of nitrogens with zero attached hydrogens (tertiary/aromatic N) is 2. The van der Waals surface area contributed by atoms with Crippen molar-refractivity contribution >= 4 is 15.9 Å². The van der Waals surface area contributed by atoms with Crippen molar-refractivity contribution in [3.8, 4) is 0 Å². The summed E-state index contributed by atoms with van der Waals surface area (Å²) in [4.78, 5) is 0. The molecule has 0 aliphatic carbocycles. The fourth-order valence-corrected chi connectivity index (χ4v) is 2.97. The normalized spacial score (nSPS) is 12.7. The van der Waals surface area contributed by atoms with Crippen LogP contribution in [0.2, 0.25) is 0 Å². The zero-order chi connectivity index (χ0) is 14.7. The van der Waals surface area contributed by atoms with E-state index >= 15 is 0 Å². The molecule has 1 aromatic heterocycles. The van der Waals surface area contributed by atoms with E-state index in [1.807, 2.05) is 18.7 Å². The van der Waals surface area contributed by atoms with Crippen LogP contribution < -0.4 is 5.73 Å². The van der Waals surface area contributed by atoms with Gasteiger partial charge in [-0.2, -0.15) is 5.10 Å². The number of aryl methyl sites for hydroxylation is 3. The van der Waals surface area contributed by atoms with E-state index in [-0.39, 0.29) is 0 Å². The molecule has 108 valence electrons. The van der Waals surface area contributed by atoms with Gasteiger partial charge in [0.1, 0.15) is 0 Å². The number of hydrogen-bond donors (Lipinski definition) is 1. The van der Waals surface area contributed by atoms with Gasteiger partial charge in [-0.25, -0.2) is 0 Å². The average molecular weight is 336 g/mol. The molecule has 0 aliphatic rings. The number of halogens is 1. The average Bonchev–Trinajstić information content (AvgIpc) is 2.66. The van der Waals surface area contributed by atoms with Crippen LogP contribution >= 0.6 is 15.9 Å². The molecular weight excluding hydrogens is 314 g/mol. The van der Waals surface area contributed by atoms with Crippen molar-refractivity contribution < 1.29 is 0 Å². The minimum absolute atomic E-state index is 0.434. The van der Waals surface area contributed by atoms with Crippen LogP contribution in [0.25, 0.3) is 0 Å². The van der Waals surface area contributed by atoms with Gasteiger partial charge in [-0.3, -0.25) is 4.68 Å². The van der Waals surface area contributed by atoms with Crippen LogP contribution in [0, 0.1) is 19.8 Å². The van der Waals surface area contributed by atoms with Crippen LogP contribution in [0.15, 0.2) is 28.7 Å². The Morgan fingerprint density at radius 2 is 1.85 bits per heavy atom. The van der Waals surface area contributed by atoms with Gasteiger partial charge in [-0.05, 0) is 60.6 Å². The van der Waals surface area contributed by atoms with Crippen LogP contribution in [0.5, 0.6) is 0 Å². The molecule has 1 aromatic carbocycles. The maximum absolute atomic E-state index is 5.96. The van der Waals surface area contributed by atoms with Crippen LogP contribution in [-0.4, -0.2) is 16.3 Å². The minimum Gasteiger partial charge on any atom is -0.330 e. The predicted molar refractivity (Wildman–Crippen MR) is 86.8 cm³/mol. The van der Waals surface area contributed by atoms with Gasteiger partial charge >= 0.3 is 0 Å². The quantitative estimate of drug-likeness (QED) is 0.911. The highest BCUT2D eigenvalue weighted by molar-refractivity contribution is 9.10. The maximum Gasteiger partial charge on any atom is 0.0738 e. The lowest BCUT2D eigenvalue weighted by molar-refractivity contribution is 0.509. The smallest absolute Gasteiger partial charge is 0.0738 e. The van der Waals surface area contributed by atoms with Gasteiger partial charge in [0.05, 0.1) is 15.9 Å². The minimum atomic E-state index is 0.434. The van der Waals surface area contributed by atoms with E-state index in [2.05, 4.69) is 52.2 Å². The summed E-state index contributed by atoms with van der Waals surface area (Å²) in [6.45, 7) is 4.81. The number of rotatable bonds is 5. The third-order valence-corrected chi connectivity index (χ3v) is 4.75. The Morgan fingerprint density at radius 1 is 1.20 bits per heavy atom. The lowest BCUT2D eigenvalue weighted by atomic mass is 9.94. The molecule has 2 rings (SSSR count). The summed E-state index contributed by atoms with van der Waals surface area (Å²) in [5.74, 6) is 0.434. The van der Waals surface area contributed by atoms with E-state index in [9.17, 15) is 0 Å². The van der Waals surface area contributed by atoms with E-state index in [1.54, 1.807) is 0 Å². The summed E-state index contributed by atoms with van der Waals surface area (Å²) in [7, 11) is 1.99. The van der Waals surface area contributed by atoms with Crippen molar-refractivity contribution in [3.63, 3.8) is 0 Å². The molecule has 20 heavy (non-hydrogen) atoms. The third-order valence-electron chi connectivity index (χ3n) is 3.72. The topological polar surface area (TPSA) is 43.8 Å². The summed E-state index contributed by atoms with van der Waals surface area (Å²) in [5.41, 5.74) is 10.9. The van der Waals surface area contributed by atoms with Crippen molar-refractivity contribution in [2.24, 2.45) is 18.7 Å². The van der Waals surface area contributed by atoms with Gasteiger partial charge < -0.3 is 5.73 Å². The molecule has 2 N–H and O–H groups in total. The molecule has 0 radical (unpaired) electrons. The van der Waals surface area contributed by atoms with Crippen molar-refractivity contribution in [2.75, 3.05) is 6.54 Å². The zero-order valence-corrected chi connectivity index (χ0v) is 13.9. The molecule has 0 saturated heterocycles. The molecule has 1 heterocycles. The van der Waals surface area contributed by atoms with Gasteiger partial charge in [0.15, 0.2) is 0 Å². The van der Waals surface area contributed by atoms with E-state index in [4.69, 9.17) is 5.73 Å². The first-order chi connectivity index (χ1) is 9.51. The molecule has 0 aliphatic heterocycles. The molecule has 4 heteroatoms. The first-order valence-corrected chi connectivity index (χ1v) is 7.74. The Bertz CT molecular complexity index is 572. The SMILES string of the molecule is Cc1ccc(CC(CN)Cc2c(Br)c(C)nn2C)cc1. The van der Waals surface area contributed by atoms with Gasteiger partial charge in [-0.15, -0.1) is 0 Å². The summed E-state index contributed by atoms with van der Waals surface area (Å²) < 4.78 is 3.07. The largest absolute Gasteiger partial charge is 0.330 e. The lowest BCUT2D eigenvalue weighted by Crippen LogP contribution is -2.20. The first-order valence-electron chi connectivity index (χ1n) is 6.94. The van der Waals surface area contributed by atoms with Crippen LogP contribution in [-0.2, 0) is 19.9 Å². The lowest BCUT2D eigenvalue weighted by Gasteiger charge is -2.15. The molecule has 0 amide bonds. The second kappa shape index (κ2) is 6.55. The highest BCUT2D eigenvalue weighted by Crippen LogP contribution is 2.24. The van der Waals surface area contributed by atoms with Crippen LogP contribution in [0.3, 0.4) is 0 Å². The van der Waals surface area contributed by atoms with E-state index in [0.717, 1.165) is 23.0 Å². The molecule has 0 saturated carbocycles. The van der Waals surface area contributed by atoms with Gasteiger partial charge in [0.25, 0.3) is 0 Å². The Morgan fingerprint density at radius 3 is 2.35 bits per heavy atom. The van der Waals surface area contributed by atoms with Crippen molar-refractivity contribution in [3.05, 3.63) is 51.3 Å². The van der Waals surface area contributed by atoms with E-state index in [1.165, 1.54) is 16.8 Å². The fourth-order valence-electron chi connectivity index (χ4n) is 2.47. The van der Waals surface area contributed by atoms with Gasteiger partial charge in [-0.1, -0.05) is 29.8 Å².